The third-order valence-corrected chi connectivity index (χ3v) is 7.51. The smallest absolute Gasteiger partial charge is 0.312 e. The number of sulfonamides is 1. The van der Waals surface area contributed by atoms with Gasteiger partial charge in [-0.25, -0.2) is 8.42 Å². The zero-order valence-corrected chi connectivity index (χ0v) is 18.7. The summed E-state index contributed by atoms with van der Waals surface area (Å²) in [5, 5.41) is 17.9. The minimum Gasteiger partial charge on any atom is -0.324 e. The Kier molecular flexibility index (Phi) is 6.75. The molecule has 1 aliphatic heterocycles. The Morgan fingerprint density at radius 3 is 2.39 bits per heavy atom. The van der Waals surface area contributed by atoms with Crippen LogP contribution in [0, 0.1) is 30.9 Å². The average Bonchev–Trinajstić information content (AvgIpc) is 2.88. The summed E-state index contributed by atoms with van der Waals surface area (Å²) in [6.45, 7) is 5.54. The maximum Gasteiger partial charge on any atom is 0.312 e. The molecule has 0 aliphatic carbocycles. The highest BCUT2D eigenvalue weighted by molar-refractivity contribution is 7.89. The molecule has 1 N–H and O–H groups in total. The molecule has 2 heterocycles. The van der Waals surface area contributed by atoms with E-state index in [0.717, 1.165) is 25.7 Å². The Balaban J connectivity index is 1.80. The number of carbonyl (C=O) groups is 1. The standard InChI is InChI=1S/C20H27N5O5S/c1-14-8-9-17(12-18(14)31(29,30)23-10-6-4-5-7-11-23)21-19(26)13-24-16(3)20(25(27)28)15(2)22-24/h8-9,12H,4-7,10-11,13H2,1-3H3,(H,21,26). The van der Waals surface area contributed by atoms with Gasteiger partial charge in [0.15, 0.2) is 0 Å². The van der Waals surface area contributed by atoms with Crippen molar-refractivity contribution in [3.63, 3.8) is 0 Å². The van der Waals surface area contributed by atoms with Gasteiger partial charge in [-0.05, 0) is 51.3 Å². The molecule has 2 aromatic rings. The number of aryl methyl sites for hydroxylation is 2. The Labute approximate surface area is 181 Å². The van der Waals surface area contributed by atoms with Crippen molar-refractivity contribution in [2.75, 3.05) is 18.4 Å². The van der Waals surface area contributed by atoms with Crippen molar-refractivity contribution < 1.29 is 18.1 Å². The van der Waals surface area contributed by atoms with Crippen molar-refractivity contribution in [1.29, 1.82) is 0 Å². The highest BCUT2D eigenvalue weighted by Gasteiger charge is 2.27. The Morgan fingerprint density at radius 2 is 1.81 bits per heavy atom. The molecule has 31 heavy (non-hydrogen) atoms. The van der Waals surface area contributed by atoms with E-state index < -0.39 is 20.9 Å². The maximum absolute atomic E-state index is 13.2. The number of rotatable bonds is 6. The predicted octanol–water partition coefficient (Wildman–Crippen LogP) is 2.92. The summed E-state index contributed by atoms with van der Waals surface area (Å²) in [7, 11) is -3.66. The number of anilines is 1. The number of nitrogens with one attached hydrogen (secondary N) is 1. The van der Waals surface area contributed by atoms with E-state index in [-0.39, 0.29) is 28.5 Å². The first kappa shape index (κ1) is 22.9. The van der Waals surface area contributed by atoms with E-state index in [2.05, 4.69) is 10.4 Å². The molecule has 1 amide bonds. The van der Waals surface area contributed by atoms with Gasteiger partial charge in [0.2, 0.25) is 15.9 Å². The topological polar surface area (TPSA) is 127 Å². The van der Waals surface area contributed by atoms with E-state index in [1.165, 1.54) is 28.9 Å². The fraction of sp³-hybridized carbons (Fsp3) is 0.500. The number of carbonyl (C=O) groups excluding carboxylic acids is 1. The van der Waals surface area contributed by atoms with Gasteiger partial charge in [0.1, 0.15) is 17.9 Å². The molecule has 11 heteroatoms. The summed E-state index contributed by atoms with van der Waals surface area (Å²) in [5.74, 6) is -0.456. The molecule has 10 nitrogen and oxygen atoms in total. The number of hydrogen-bond donors (Lipinski definition) is 1. The lowest BCUT2D eigenvalue weighted by atomic mass is 10.2. The van der Waals surface area contributed by atoms with Gasteiger partial charge in [0.25, 0.3) is 0 Å². The first-order chi connectivity index (χ1) is 14.6. The SMILES string of the molecule is Cc1ccc(NC(=O)Cn2nc(C)c([N+](=O)[O-])c2C)cc1S(=O)(=O)N1CCCCCC1. The van der Waals surface area contributed by atoms with Crippen molar-refractivity contribution in [2.24, 2.45) is 0 Å². The molecule has 0 spiro atoms. The zero-order valence-electron chi connectivity index (χ0n) is 17.9. The number of aromatic nitrogens is 2. The number of nitrogens with zero attached hydrogens (tertiary/aromatic N) is 4. The summed E-state index contributed by atoms with van der Waals surface area (Å²) in [4.78, 5) is 23.3. The van der Waals surface area contributed by atoms with Gasteiger partial charge in [-0.15, -0.1) is 0 Å². The van der Waals surface area contributed by atoms with Gasteiger partial charge in [0, 0.05) is 18.8 Å². The van der Waals surface area contributed by atoms with Crippen LogP contribution >= 0.6 is 0 Å². The second kappa shape index (κ2) is 9.15. The van der Waals surface area contributed by atoms with E-state index in [1.54, 1.807) is 19.1 Å². The van der Waals surface area contributed by atoms with Crippen LogP contribution in [0.5, 0.6) is 0 Å². The zero-order chi connectivity index (χ0) is 22.8. The molecule has 0 unspecified atom stereocenters. The minimum absolute atomic E-state index is 0.117. The molecule has 1 aliphatic rings. The molecule has 0 bridgehead atoms. The molecule has 1 fully saturated rings. The van der Waals surface area contributed by atoms with Gasteiger partial charge in [-0.2, -0.15) is 9.40 Å². The van der Waals surface area contributed by atoms with Crippen LogP contribution in [0.25, 0.3) is 0 Å². The Hall–Kier alpha value is -2.79. The molecule has 1 aromatic heterocycles. The van der Waals surface area contributed by atoms with Crippen LogP contribution in [0.1, 0.15) is 42.6 Å². The first-order valence-electron chi connectivity index (χ1n) is 10.2. The predicted molar refractivity (Wildman–Crippen MR) is 115 cm³/mol. The van der Waals surface area contributed by atoms with E-state index in [0.29, 0.717) is 24.3 Å². The van der Waals surface area contributed by atoms with Crippen LogP contribution in [0.4, 0.5) is 11.4 Å². The normalized spacial score (nSPS) is 15.5. The van der Waals surface area contributed by atoms with E-state index in [9.17, 15) is 23.3 Å². The van der Waals surface area contributed by atoms with E-state index >= 15 is 0 Å². The highest BCUT2D eigenvalue weighted by atomic mass is 32.2. The van der Waals surface area contributed by atoms with Crippen molar-refractivity contribution in [3.8, 4) is 0 Å². The third-order valence-electron chi connectivity index (χ3n) is 5.47. The minimum atomic E-state index is -3.66. The van der Waals surface area contributed by atoms with Crippen LogP contribution in [-0.2, 0) is 21.4 Å². The Bertz CT molecular complexity index is 1100. The van der Waals surface area contributed by atoms with Crippen molar-refractivity contribution >= 4 is 27.3 Å². The summed E-state index contributed by atoms with van der Waals surface area (Å²) >= 11 is 0. The van der Waals surface area contributed by atoms with Gasteiger partial charge in [-0.1, -0.05) is 18.9 Å². The number of amides is 1. The van der Waals surface area contributed by atoms with Gasteiger partial charge < -0.3 is 5.32 Å². The van der Waals surface area contributed by atoms with Crippen molar-refractivity contribution in [2.45, 2.75) is 57.9 Å². The van der Waals surface area contributed by atoms with Crippen LogP contribution in [0.3, 0.4) is 0 Å². The molecular weight excluding hydrogens is 422 g/mol. The molecule has 3 rings (SSSR count). The maximum atomic E-state index is 13.2. The molecule has 1 saturated heterocycles. The summed E-state index contributed by atoms with van der Waals surface area (Å²) in [5.41, 5.74) is 1.35. The second-order valence-electron chi connectivity index (χ2n) is 7.78. The lowest BCUT2D eigenvalue weighted by molar-refractivity contribution is -0.386. The Morgan fingerprint density at radius 1 is 1.16 bits per heavy atom. The second-order valence-corrected chi connectivity index (χ2v) is 9.69. The van der Waals surface area contributed by atoms with Crippen LogP contribution in [-0.4, -0.2) is 46.4 Å². The number of hydrogen-bond acceptors (Lipinski definition) is 6. The molecular formula is C20H27N5O5S. The van der Waals surface area contributed by atoms with Crippen molar-refractivity contribution in [3.05, 3.63) is 45.3 Å². The van der Waals surface area contributed by atoms with Gasteiger partial charge >= 0.3 is 5.69 Å². The van der Waals surface area contributed by atoms with Gasteiger partial charge in [0.05, 0.1) is 9.82 Å². The quantitative estimate of drug-likeness (QED) is 0.533. The largest absolute Gasteiger partial charge is 0.324 e. The molecule has 168 valence electrons. The van der Waals surface area contributed by atoms with E-state index in [4.69, 9.17) is 0 Å². The van der Waals surface area contributed by atoms with Crippen LogP contribution in [0.2, 0.25) is 0 Å². The first-order valence-corrected chi connectivity index (χ1v) is 11.6. The number of nitro groups is 1. The highest BCUT2D eigenvalue weighted by Crippen LogP contribution is 2.26. The van der Waals surface area contributed by atoms with Gasteiger partial charge in [-0.3, -0.25) is 19.6 Å². The fourth-order valence-electron chi connectivity index (χ4n) is 3.82. The lowest BCUT2D eigenvalue weighted by Gasteiger charge is -2.21. The number of benzene rings is 1. The molecule has 1 aromatic carbocycles. The summed E-state index contributed by atoms with van der Waals surface area (Å²) in [6, 6.07) is 4.77. The molecule has 0 atom stereocenters. The lowest BCUT2D eigenvalue weighted by Crippen LogP contribution is -2.32. The van der Waals surface area contributed by atoms with Crippen LogP contribution in [0.15, 0.2) is 23.1 Å². The summed E-state index contributed by atoms with van der Waals surface area (Å²) in [6.07, 6.45) is 3.71. The fourth-order valence-corrected chi connectivity index (χ4v) is 5.59. The van der Waals surface area contributed by atoms with Crippen molar-refractivity contribution in [1.82, 2.24) is 14.1 Å². The molecule has 0 radical (unpaired) electrons. The average molecular weight is 450 g/mol. The monoisotopic (exact) mass is 449 g/mol. The van der Waals surface area contributed by atoms with E-state index in [1.807, 2.05) is 0 Å². The molecule has 0 saturated carbocycles. The summed E-state index contributed by atoms with van der Waals surface area (Å²) < 4.78 is 29.1. The third kappa shape index (κ3) is 4.93. The van der Waals surface area contributed by atoms with Crippen LogP contribution < -0.4 is 5.32 Å².